The first-order valence-corrected chi connectivity index (χ1v) is 7.89. The van der Waals surface area contributed by atoms with Crippen molar-refractivity contribution in [1.29, 1.82) is 0 Å². The van der Waals surface area contributed by atoms with Crippen molar-refractivity contribution < 1.29 is 0 Å². The van der Waals surface area contributed by atoms with Gasteiger partial charge in [-0.15, -0.1) is 11.6 Å². The first-order chi connectivity index (χ1) is 9.69. The molecule has 1 aromatic carbocycles. The molecule has 2 aromatic rings. The Balaban J connectivity index is 2.49. The summed E-state index contributed by atoms with van der Waals surface area (Å²) in [5.41, 5.74) is 3.62. The smallest absolute Gasteiger partial charge is 0.127 e. The maximum absolute atomic E-state index is 6.36. The standard InChI is InChI=1S/C17H26ClN3/c1-12-7-8-14-15(9-12)21(16(19-14)13(2)18)11-17(3,4)10-20(5)6/h7-9,13H,10-11H2,1-6H3. The van der Waals surface area contributed by atoms with E-state index >= 15 is 0 Å². The molecular weight excluding hydrogens is 282 g/mol. The molecule has 4 heteroatoms. The first-order valence-electron chi connectivity index (χ1n) is 7.45. The molecule has 0 N–H and O–H groups in total. The quantitative estimate of drug-likeness (QED) is 0.771. The summed E-state index contributed by atoms with van der Waals surface area (Å²) in [7, 11) is 4.23. The van der Waals surface area contributed by atoms with Crippen LogP contribution < -0.4 is 0 Å². The highest BCUT2D eigenvalue weighted by Crippen LogP contribution is 2.29. The number of halogens is 1. The van der Waals surface area contributed by atoms with Crippen LogP contribution in [0, 0.1) is 12.3 Å². The number of rotatable bonds is 5. The third kappa shape index (κ3) is 3.78. The maximum Gasteiger partial charge on any atom is 0.127 e. The van der Waals surface area contributed by atoms with Gasteiger partial charge in [0.05, 0.1) is 16.4 Å². The molecule has 0 bridgehead atoms. The van der Waals surface area contributed by atoms with Gasteiger partial charge in [0.1, 0.15) is 5.82 Å². The lowest BCUT2D eigenvalue weighted by Gasteiger charge is -2.30. The van der Waals surface area contributed by atoms with Gasteiger partial charge in [-0.25, -0.2) is 4.98 Å². The van der Waals surface area contributed by atoms with E-state index in [1.54, 1.807) is 0 Å². The molecule has 1 aromatic heterocycles. The fourth-order valence-electron chi connectivity index (χ4n) is 3.06. The SMILES string of the molecule is Cc1ccc2nc(C(C)Cl)n(CC(C)(C)CN(C)C)c2c1. The van der Waals surface area contributed by atoms with Gasteiger partial charge in [0.15, 0.2) is 0 Å². The Bertz CT molecular complexity index is 626. The minimum Gasteiger partial charge on any atom is -0.326 e. The summed E-state index contributed by atoms with van der Waals surface area (Å²) in [4.78, 5) is 6.96. The molecule has 0 spiro atoms. The predicted molar refractivity (Wildman–Crippen MR) is 91.1 cm³/mol. The van der Waals surface area contributed by atoms with Gasteiger partial charge in [0.2, 0.25) is 0 Å². The van der Waals surface area contributed by atoms with E-state index < -0.39 is 0 Å². The number of benzene rings is 1. The zero-order chi connectivity index (χ0) is 15.8. The molecule has 1 heterocycles. The van der Waals surface area contributed by atoms with Gasteiger partial charge >= 0.3 is 0 Å². The van der Waals surface area contributed by atoms with E-state index in [1.807, 2.05) is 6.92 Å². The maximum atomic E-state index is 6.36. The minimum atomic E-state index is -0.0899. The summed E-state index contributed by atoms with van der Waals surface area (Å²) in [6, 6.07) is 6.40. The Kier molecular flexibility index (Phi) is 4.64. The summed E-state index contributed by atoms with van der Waals surface area (Å²) < 4.78 is 2.30. The van der Waals surface area contributed by atoms with Crippen LogP contribution in [0.25, 0.3) is 11.0 Å². The number of imidazole rings is 1. The van der Waals surface area contributed by atoms with Crippen molar-refractivity contribution in [3.8, 4) is 0 Å². The second-order valence-corrected chi connectivity index (χ2v) is 7.72. The van der Waals surface area contributed by atoms with E-state index in [-0.39, 0.29) is 10.8 Å². The van der Waals surface area contributed by atoms with Gasteiger partial charge in [0.25, 0.3) is 0 Å². The zero-order valence-electron chi connectivity index (χ0n) is 13.9. The summed E-state index contributed by atoms with van der Waals surface area (Å²) >= 11 is 6.36. The second kappa shape index (κ2) is 5.98. The van der Waals surface area contributed by atoms with Crippen LogP contribution in [0.4, 0.5) is 0 Å². The van der Waals surface area contributed by atoms with Crippen molar-refractivity contribution in [2.75, 3.05) is 20.6 Å². The molecule has 0 radical (unpaired) electrons. The van der Waals surface area contributed by atoms with Gasteiger partial charge < -0.3 is 9.47 Å². The third-order valence-corrected chi connectivity index (χ3v) is 3.81. The summed E-state index contributed by atoms with van der Waals surface area (Å²) in [5.74, 6) is 0.962. The monoisotopic (exact) mass is 307 g/mol. The molecule has 1 atom stereocenters. The first kappa shape index (κ1) is 16.3. The van der Waals surface area contributed by atoms with E-state index in [2.05, 4.69) is 62.5 Å². The van der Waals surface area contributed by atoms with Gasteiger partial charge in [-0.3, -0.25) is 0 Å². The molecule has 0 fully saturated rings. The van der Waals surface area contributed by atoms with E-state index in [9.17, 15) is 0 Å². The van der Waals surface area contributed by atoms with Gasteiger partial charge in [0, 0.05) is 13.1 Å². The average molecular weight is 308 g/mol. The number of nitrogens with zero attached hydrogens (tertiary/aromatic N) is 3. The molecule has 116 valence electrons. The minimum absolute atomic E-state index is 0.0899. The van der Waals surface area contributed by atoms with Crippen molar-refractivity contribution >= 4 is 22.6 Å². The van der Waals surface area contributed by atoms with Gasteiger partial charge in [-0.1, -0.05) is 19.9 Å². The molecular formula is C17H26ClN3. The lowest BCUT2D eigenvalue weighted by Crippen LogP contribution is -2.32. The Morgan fingerprint density at radius 1 is 1.33 bits per heavy atom. The molecule has 0 aliphatic heterocycles. The lowest BCUT2D eigenvalue weighted by molar-refractivity contribution is 0.211. The van der Waals surface area contributed by atoms with Crippen LogP contribution in [-0.2, 0) is 6.54 Å². The number of aryl methyl sites for hydroxylation is 1. The summed E-state index contributed by atoms with van der Waals surface area (Å²) in [6.45, 7) is 10.6. The fraction of sp³-hybridized carbons (Fsp3) is 0.588. The normalized spacial score (nSPS) is 14.1. The van der Waals surface area contributed by atoms with Crippen molar-refractivity contribution in [2.45, 2.75) is 39.6 Å². The van der Waals surface area contributed by atoms with Crippen LogP contribution in [0.5, 0.6) is 0 Å². The largest absolute Gasteiger partial charge is 0.326 e. The van der Waals surface area contributed by atoms with Crippen LogP contribution in [0.3, 0.4) is 0 Å². The molecule has 3 nitrogen and oxygen atoms in total. The highest BCUT2D eigenvalue weighted by Gasteiger charge is 2.24. The highest BCUT2D eigenvalue weighted by atomic mass is 35.5. The van der Waals surface area contributed by atoms with Crippen molar-refractivity contribution in [3.63, 3.8) is 0 Å². The molecule has 0 amide bonds. The molecule has 0 saturated carbocycles. The average Bonchev–Trinajstić information content (AvgIpc) is 2.65. The van der Waals surface area contributed by atoms with E-state index in [1.165, 1.54) is 11.1 Å². The van der Waals surface area contributed by atoms with Gasteiger partial charge in [-0.2, -0.15) is 0 Å². The van der Waals surface area contributed by atoms with Crippen molar-refractivity contribution in [3.05, 3.63) is 29.6 Å². The highest BCUT2D eigenvalue weighted by molar-refractivity contribution is 6.20. The lowest BCUT2D eigenvalue weighted by atomic mass is 9.92. The Morgan fingerprint density at radius 2 is 2.00 bits per heavy atom. The van der Waals surface area contributed by atoms with Crippen molar-refractivity contribution in [1.82, 2.24) is 14.5 Å². The van der Waals surface area contributed by atoms with E-state index in [0.717, 1.165) is 24.4 Å². The van der Waals surface area contributed by atoms with Crippen LogP contribution in [0.15, 0.2) is 18.2 Å². The molecule has 1 unspecified atom stereocenters. The number of alkyl halides is 1. The molecule has 0 aliphatic carbocycles. The number of aromatic nitrogens is 2. The topological polar surface area (TPSA) is 21.1 Å². The van der Waals surface area contributed by atoms with Crippen molar-refractivity contribution in [2.24, 2.45) is 5.41 Å². The molecule has 0 saturated heterocycles. The number of fused-ring (bicyclic) bond motifs is 1. The van der Waals surface area contributed by atoms with E-state index in [0.29, 0.717) is 0 Å². The summed E-state index contributed by atoms with van der Waals surface area (Å²) in [6.07, 6.45) is 0. The number of hydrogen-bond donors (Lipinski definition) is 0. The fourth-order valence-corrected chi connectivity index (χ4v) is 3.22. The third-order valence-electron chi connectivity index (χ3n) is 3.62. The predicted octanol–water partition coefficient (Wildman–Crippen LogP) is 4.23. The van der Waals surface area contributed by atoms with E-state index in [4.69, 9.17) is 16.6 Å². The van der Waals surface area contributed by atoms with Crippen LogP contribution in [-0.4, -0.2) is 35.1 Å². The molecule has 0 aliphatic rings. The van der Waals surface area contributed by atoms with Crippen LogP contribution in [0.1, 0.15) is 37.5 Å². The molecule has 2 rings (SSSR count). The second-order valence-electron chi connectivity index (χ2n) is 7.07. The Morgan fingerprint density at radius 3 is 2.57 bits per heavy atom. The van der Waals surface area contributed by atoms with Crippen LogP contribution >= 0.6 is 11.6 Å². The Labute approximate surface area is 132 Å². The van der Waals surface area contributed by atoms with Crippen LogP contribution in [0.2, 0.25) is 0 Å². The molecule has 21 heavy (non-hydrogen) atoms. The number of hydrogen-bond acceptors (Lipinski definition) is 2. The summed E-state index contributed by atoms with van der Waals surface area (Å²) in [5, 5.41) is -0.0899. The van der Waals surface area contributed by atoms with Gasteiger partial charge in [-0.05, 0) is 51.1 Å². The Hall–Kier alpha value is -1.06. The zero-order valence-corrected chi connectivity index (χ0v) is 14.7.